The smallest absolute Gasteiger partial charge is 0.282 e. The lowest BCUT2D eigenvalue weighted by molar-refractivity contribution is -0.0671. The van der Waals surface area contributed by atoms with Crippen molar-refractivity contribution in [3.8, 4) is 0 Å². The highest BCUT2D eigenvalue weighted by atomic mass is 32.2. The Morgan fingerprint density at radius 2 is 1.90 bits per heavy atom. The van der Waals surface area contributed by atoms with Crippen LogP contribution in [-0.4, -0.2) is 47.8 Å². The van der Waals surface area contributed by atoms with Crippen LogP contribution in [0.3, 0.4) is 0 Å². The topological polar surface area (TPSA) is 60.9 Å². The van der Waals surface area contributed by atoms with Crippen molar-refractivity contribution in [2.45, 2.75) is 31.4 Å². The Balaban J connectivity index is 1.73. The van der Waals surface area contributed by atoms with Crippen LogP contribution in [0.2, 0.25) is 0 Å². The van der Waals surface area contributed by atoms with E-state index in [0.29, 0.717) is 12.1 Å². The van der Waals surface area contributed by atoms with Crippen molar-refractivity contribution in [1.82, 2.24) is 8.61 Å². The highest BCUT2D eigenvalue weighted by molar-refractivity contribution is 7.86. The number of rotatable bonds is 3. The quantitative estimate of drug-likeness (QED) is 0.907. The van der Waals surface area contributed by atoms with Gasteiger partial charge in [-0.2, -0.15) is 17.0 Å². The summed E-state index contributed by atoms with van der Waals surface area (Å²) in [6, 6.07) is 5.55. The Hall–Kier alpha value is -1.02. The molecular weight excluding hydrogens is 295 g/mol. The number of nitrogens with zero attached hydrogens (tertiary/aromatic N) is 2. The van der Waals surface area contributed by atoms with Gasteiger partial charge in [0.1, 0.15) is 11.4 Å². The molecule has 1 aromatic rings. The van der Waals surface area contributed by atoms with Gasteiger partial charge in [0, 0.05) is 25.7 Å². The zero-order valence-electron chi connectivity index (χ0n) is 11.9. The molecule has 21 heavy (non-hydrogen) atoms. The first-order valence-corrected chi connectivity index (χ1v) is 8.48. The van der Waals surface area contributed by atoms with Crippen LogP contribution in [0, 0.1) is 5.82 Å². The van der Waals surface area contributed by atoms with Crippen LogP contribution >= 0.6 is 0 Å². The Bertz CT molecular complexity index is 626. The van der Waals surface area contributed by atoms with E-state index in [-0.39, 0.29) is 24.9 Å². The Morgan fingerprint density at radius 3 is 2.43 bits per heavy atom. The molecular formula is C14H19FN2O3S. The van der Waals surface area contributed by atoms with Gasteiger partial charge >= 0.3 is 0 Å². The molecule has 0 aromatic heterocycles. The normalized spacial score (nSPS) is 26.7. The minimum absolute atomic E-state index is 0.00881. The molecule has 2 aliphatic rings. The molecule has 0 spiro atoms. The van der Waals surface area contributed by atoms with Crippen LogP contribution in [0.1, 0.15) is 25.3 Å². The molecule has 1 atom stereocenters. The molecule has 1 N–H and O–H groups in total. The van der Waals surface area contributed by atoms with Gasteiger partial charge in [-0.1, -0.05) is 12.1 Å². The first-order valence-electron chi connectivity index (χ1n) is 7.08. The van der Waals surface area contributed by atoms with E-state index in [9.17, 15) is 17.9 Å². The molecule has 1 unspecified atom stereocenters. The van der Waals surface area contributed by atoms with Crippen molar-refractivity contribution in [2.24, 2.45) is 0 Å². The first kappa shape index (κ1) is 14.9. The van der Waals surface area contributed by atoms with Crippen LogP contribution in [0.5, 0.6) is 0 Å². The van der Waals surface area contributed by atoms with Crippen molar-refractivity contribution in [1.29, 1.82) is 0 Å². The molecule has 0 radical (unpaired) electrons. The van der Waals surface area contributed by atoms with Crippen molar-refractivity contribution >= 4 is 10.2 Å². The standard InChI is InChI=1S/C14H19FN2O3S/c1-11-3-2-8-17(11)21(19,20)16-9-14(18,10-16)12-4-6-13(15)7-5-12/h4-7,11,18H,2-3,8-10H2,1H3. The van der Waals surface area contributed by atoms with Gasteiger partial charge < -0.3 is 5.11 Å². The van der Waals surface area contributed by atoms with E-state index >= 15 is 0 Å². The van der Waals surface area contributed by atoms with Crippen molar-refractivity contribution in [3.05, 3.63) is 35.6 Å². The lowest BCUT2D eigenvalue weighted by Gasteiger charge is -2.47. The van der Waals surface area contributed by atoms with E-state index in [2.05, 4.69) is 0 Å². The van der Waals surface area contributed by atoms with E-state index in [4.69, 9.17) is 0 Å². The van der Waals surface area contributed by atoms with Crippen molar-refractivity contribution < 1.29 is 17.9 Å². The number of benzene rings is 1. The van der Waals surface area contributed by atoms with Gasteiger partial charge in [0.15, 0.2) is 0 Å². The van der Waals surface area contributed by atoms with E-state index in [1.165, 1.54) is 32.9 Å². The molecule has 2 fully saturated rings. The van der Waals surface area contributed by atoms with Crippen LogP contribution in [0.15, 0.2) is 24.3 Å². The molecule has 2 aliphatic heterocycles. The zero-order valence-corrected chi connectivity index (χ0v) is 12.7. The SMILES string of the molecule is CC1CCCN1S(=O)(=O)N1CC(O)(c2ccc(F)cc2)C1. The third-order valence-electron chi connectivity index (χ3n) is 4.37. The van der Waals surface area contributed by atoms with Gasteiger partial charge in [0.25, 0.3) is 10.2 Å². The maximum absolute atomic E-state index is 12.9. The van der Waals surface area contributed by atoms with E-state index in [0.717, 1.165) is 12.8 Å². The average Bonchev–Trinajstić information content (AvgIpc) is 2.83. The average molecular weight is 314 g/mol. The van der Waals surface area contributed by atoms with Gasteiger partial charge in [-0.15, -0.1) is 0 Å². The van der Waals surface area contributed by atoms with E-state index in [1.807, 2.05) is 6.92 Å². The summed E-state index contributed by atoms with van der Waals surface area (Å²) in [5.41, 5.74) is -0.672. The summed E-state index contributed by atoms with van der Waals surface area (Å²) in [6.45, 7) is 2.47. The van der Waals surface area contributed by atoms with Crippen LogP contribution < -0.4 is 0 Å². The monoisotopic (exact) mass is 314 g/mol. The highest BCUT2D eigenvalue weighted by Crippen LogP contribution is 2.36. The minimum atomic E-state index is -3.51. The van der Waals surface area contributed by atoms with E-state index in [1.54, 1.807) is 0 Å². The molecule has 7 heteroatoms. The zero-order chi connectivity index (χ0) is 15.3. The maximum atomic E-state index is 12.9. The number of β-amino-alcohol motifs (C(OH)–C–C–N with tert-alkyl or cyclic N) is 1. The lowest BCUT2D eigenvalue weighted by Crippen LogP contribution is -2.64. The summed E-state index contributed by atoms with van der Waals surface area (Å²) in [5.74, 6) is -0.378. The molecule has 116 valence electrons. The Labute approximate surface area is 124 Å². The lowest BCUT2D eigenvalue weighted by atomic mass is 9.88. The van der Waals surface area contributed by atoms with Crippen molar-refractivity contribution in [2.75, 3.05) is 19.6 Å². The fourth-order valence-electron chi connectivity index (χ4n) is 3.04. The third-order valence-corrected chi connectivity index (χ3v) is 6.42. The fourth-order valence-corrected chi connectivity index (χ4v) is 5.01. The third kappa shape index (κ3) is 2.48. The molecule has 0 amide bonds. The summed E-state index contributed by atoms with van der Waals surface area (Å²) in [6.07, 6.45) is 1.74. The molecule has 3 rings (SSSR count). The van der Waals surface area contributed by atoms with Gasteiger partial charge in [-0.3, -0.25) is 0 Å². The number of aliphatic hydroxyl groups is 1. The highest BCUT2D eigenvalue weighted by Gasteiger charge is 2.50. The first-order chi connectivity index (χ1) is 9.83. The van der Waals surface area contributed by atoms with Gasteiger partial charge in [0.05, 0.1) is 0 Å². The number of hydrogen-bond acceptors (Lipinski definition) is 3. The van der Waals surface area contributed by atoms with Gasteiger partial charge in [0.2, 0.25) is 0 Å². The predicted molar refractivity (Wildman–Crippen MR) is 76.2 cm³/mol. The molecule has 0 saturated carbocycles. The van der Waals surface area contributed by atoms with Gasteiger partial charge in [-0.05, 0) is 37.5 Å². The Kier molecular flexibility index (Phi) is 3.56. The molecule has 2 saturated heterocycles. The van der Waals surface area contributed by atoms with Gasteiger partial charge in [-0.25, -0.2) is 4.39 Å². The maximum Gasteiger partial charge on any atom is 0.282 e. The second-order valence-corrected chi connectivity index (χ2v) is 7.80. The molecule has 0 bridgehead atoms. The Morgan fingerprint density at radius 1 is 1.29 bits per heavy atom. The fraction of sp³-hybridized carbons (Fsp3) is 0.571. The summed E-state index contributed by atoms with van der Waals surface area (Å²) < 4.78 is 40.7. The molecule has 0 aliphatic carbocycles. The second-order valence-electron chi connectivity index (χ2n) is 5.92. The molecule has 5 nitrogen and oxygen atoms in total. The minimum Gasteiger partial charge on any atom is -0.382 e. The number of hydrogen-bond donors (Lipinski definition) is 1. The second kappa shape index (κ2) is 5.01. The summed E-state index contributed by atoms with van der Waals surface area (Å²) in [4.78, 5) is 0. The molecule has 2 heterocycles. The summed E-state index contributed by atoms with van der Waals surface area (Å²) in [5, 5.41) is 10.5. The summed E-state index contributed by atoms with van der Waals surface area (Å²) >= 11 is 0. The van der Waals surface area contributed by atoms with Crippen LogP contribution in [0.25, 0.3) is 0 Å². The van der Waals surface area contributed by atoms with Crippen LogP contribution in [-0.2, 0) is 15.8 Å². The van der Waals surface area contributed by atoms with Crippen LogP contribution in [0.4, 0.5) is 4.39 Å². The predicted octanol–water partition coefficient (Wildman–Crippen LogP) is 1.06. The summed E-state index contributed by atoms with van der Waals surface area (Å²) in [7, 11) is -3.51. The molecule has 1 aromatic carbocycles. The van der Waals surface area contributed by atoms with Crippen molar-refractivity contribution in [3.63, 3.8) is 0 Å². The number of halogens is 1. The largest absolute Gasteiger partial charge is 0.382 e. The van der Waals surface area contributed by atoms with E-state index < -0.39 is 15.8 Å².